The summed E-state index contributed by atoms with van der Waals surface area (Å²) in [4.78, 5) is 21.4. The van der Waals surface area contributed by atoms with E-state index in [9.17, 15) is 9.59 Å². The van der Waals surface area contributed by atoms with Crippen molar-refractivity contribution in [1.29, 1.82) is 0 Å². The van der Waals surface area contributed by atoms with E-state index in [1.54, 1.807) is 18.2 Å². The zero-order valence-corrected chi connectivity index (χ0v) is 10.0. The lowest BCUT2D eigenvalue weighted by atomic mass is 10.1. The number of nitrogens with two attached hydrogens (primary N) is 2. The molecule has 1 aromatic rings. The molecule has 0 aliphatic carbocycles. The van der Waals surface area contributed by atoms with Gasteiger partial charge >= 0.3 is 0 Å². The highest BCUT2D eigenvalue weighted by Crippen LogP contribution is 2.04. The number of rotatable bonds is 8. The molecular formula is C12H17N3O3. The Hall–Kier alpha value is -1.92. The number of hydrogen-bond acceptors (Lipinski definition) is 4. The van der Waals surface area contributed by atoms with Crippen LogP contribution in [0.4, 0.5) is 0 Å². The minimum Gasteiger partial charge on any atom is -0.370 e. The van der Waals surface area contributed by atoms with Gasteiger partial charge in [0.05, 0.1) is 6.61 Å². The van der Waals surface area contributed by atoms with Crippen LogP contribution in [0.5, 0.6) is 0 Å². The van der Waals surface area contributed by atoms with Gasteiger partial charge in [0, 0.05) is 18.7 Å². The molecule has 0 atom stereocenters. The molecule has 0 aromatic heterocycles. The van der Waals surface area contributed by atoms with E-state index in [2.05, 4.69) is 5.32 Å². The first kappa shape index (κ1) is 14.1. The molecule has 5 N–H and O–H groups in total. The van der Waals surface area contributed by atoms with E-state index in [0.29, 0.717) is 25.3 Å². The molecule has 0 bridgehead atoms. The van der Waals surface area contributed by atoms with Crippen molar-refractivity contribution in [1.82, 2.24) is 5.32 Å². The first-order chi connectivity index (χ1) is 8.59. The minimum absolute atomic E-state index is 0.0706. The van der Waals surface area contributed by atoms with Gasteiger partial charge in [-0.2, -0.15) is 0 Å². The van der Waals surface area contributed by atoms with Gasteiger partial charge < -0.3 is 21.5 Å². The zero-order valence-electron chi connectivity index (χ0n) is 10.0. The Morgan fingerprint density at radius 2 is 2.06 bits per heavy atom. The molecule has 0 heterocycles. The lowest BCUT2D eigenvalue weighted by molar-refractivity contribution is -0.122. The summed E-state index contributed by atoms with van der Waals surface area (Å²) >= 11 is 0. The third-order valence-corrected chi connectivity index (χ3v) is 2.21. The van der Waals surface area contributed by atoms with E-state index in [1.807, 2.05) is 6.07 Å². The van der Waals surface area contributed by atoms with E-state index in [0.717, 1.165) is 5.56 Å². The summed E-state index contributed by atoms with van der Waals surface area (Å²) < 4.78 is 4.98. The summed E-state index contributed by atoms with van der Waals surface area (Å²) in [6.07, 6.45) is 0. The van der Waals surface area contributed by atoms with Gasteiger partial charge in [0.15, 0.2) is 0 Å². The topological polar surface area (TPSA) is 107 Å². The van der Waals surface area contributed by atoms with Crippen molar-refractivity contribution in [2.24, 2.45) is 11.5 Å². The highest BCUT2D eigenvalue weighted by molar-refractivity contribution is 5.92. The first-order valence-corrected chi connectivity index (χ1v) is 5.55. The van der Waals surface area contributed by atoms with Crippen LogP contribution in [0.2, 0.25) is 0 Å². The fourth-order valence-electron chi connectivity index (χ4n) is 1.38. The molecule has 0 unspecified atom stereocenters. The molecule has 0 saturated heterocycles. The lowest BCUT2D eigenvalue weighted by Gasteiger charge is -2.06. The van der Waals surface area contributed by atoms with Gasteiger partial charge in [-0.15, -0.1) is 0 Å². The molecule has 2 amide bonds. The molecule has 6 heteroatoms. The molecule has 0 spiro atoms. The Kier molecular flexibility index (Phi) is 5.83. The van der Waals surface area contributed by atoms with E-state index < -0.39 is 11.8 Å². The highest BCUT2D eigenvalue weighted by atomic mass is 16.5. The Balaban J connectivity index is 2.25. The van der Waals surface area contributed by atoms with E-state index >= 15 is 0 Å². The quantitative estimate of drug-likeness (QED) is 0.535. The van der Waals surface area contributed by atoms with Crippen molar-refractivity contribution < 1.29 is 14.3 Å². The molecular weight excluding hydrogens is 234 g/mol. The predicted molar refractivity (Wildman–Crippen MR) is 66.7 cm³/mol. The normalized spacial score (nSPS) is 10.2. The van der Waals surface area contributed by atoms with Crippen LogP contribution in [0.1, 0.15) is 15.9 Å². The van der Waals surface area contributed by atoms with Gasteiger partial charge in [0.25, 0.3) is 0 Å². The van der Waals surface area contributed by atoms with E-state index in [4.69, 9.17) is 16.2 Å². The number of benzene rings is 1. The molecule has 98 valence electrons. The van der Waals surface area contributed by atoms with Crippen molar-refractivity contribution in [3.63, 3.8) is 0 Å². The Morgan fingerprint density at radius 3 is 2.72 bits per heavy atom. The Morgan fingerprint density at radius 1 is 1.28 bits per heavy atom. The van der Waals surface area contributed by atoms with Crippen LogP contribution < -0.4 is 16.8 Å². The van der Waals surface area contributed by atoms with Crippen molar-refractivity contribution in [2.45, 2.75) is 6.54 Å². The highest BCUT2D eigenvalue weighted by Gasteiger charge is 2.00. The number of nitrogens with one attached hydrogen (secondary N) is 1. The summed E-state index contributed by atoms with van der Waals surface area (Å²) in [5.41, 5.74) is 11.5. The fourth-order valence-corrected chi connectivity index (χ4v) is 1.38. The fraction of sp³-hybridized carbons (Fsp3) is 0.333. The van der Waals surface area contributed by atoms with Gasteiger partial charge in [0.2, 0.25) is 11.8 Å². The van der Waals surface area contributed by atoms with Crippen molar-refractivity contribution in [3.05, 3.63) is 35.4 Å². The number of ether oxygens (including phenoxy) is 1. The van der Waals surface area contributed by atoms with Crippen molar-refractivity contribution >= 4 is 11.8 Å². The first-order valence-electron chi connectivity index (χ1n) is 5.55. The second kappa shape index (κ2) is 7.41. The third-order valence-electron chi connectivity index (χ3n) is 2.21. The van der Waals surface area contributed by atoms with Gasteiger partial charge in [-0.3, -0.25) is 9.59 Å². The third kappa shape index (κ3) is 5.42. The van der Waals surface area contributed by atoms with Crippen molar-refractivity contribution in [3.8, 4) is 0 Å². The second-order valence-corrected chi connectivity index (χ2v) is 3.76. The summed E-state index contributed by atoms with van der Waals surface area (Å²) in [7, 11) is 0. The van der Waals surface area contributed by atoms with Crippen molar-refractivity contribution in [2.75, 3.05) is 19.8 Å². The largest absolute Gasteiger partial charge is 0.370 e. The van der Waals surface area contributed by atoms with E-state index in [-0.39, 0.29) is 6.61 Å². The molecule has 1 rings (SSSR count). The van der Waals surface area contributed by atoms with Crippen LogP contribution >= 0.6 is 0 Å². The molecule has 0 aliphatic heterocycles. The number of primary amides is 2. The average Bonchev–Trinajstić information content (AvgIpc) is 2.33. The van der Waals surface area contributed by atoms with Crippen LogP contribution in [0.3, 0.4) is 0 Å². The number of carbonyl (C=O) groups excluding carboxylic acids is 2. The molecule has 18 heavy (non-hydrogen) atoms. The van der Waals surface area contributed by atoms with Gasteiger partial charge in [-0.25, -0.2) is 0 Å². The monoisotopic (exact) mass is 251 g/mol. The SMILES string of the molecule is NC(=O)COCCNCc1cccc(C(N)=O)c1. The molecule has 6 nitrogen and oxygen atoms in total. The molecule has 0 fully saturated rings. The molecule has 0 aliphatic rings. The number of amides is 2. The zero-order chi connectivity index (χ0) is 13.4. The lowest BCUT2D eigenvalue weighted by Crippen LogP contribution is -2.23. The second-order valence-electron chi connectivity index (χ2n) is 3.76. The maximum absolute atomic E-state index is 11.0. The van der Waals surface area contributed by atoms with Gasteiger partial charge in [-0.1, -0.05) is 12.1 Å². The molecule has 0 saturated carbocycles. The summed E-state index contributed by atoms with van der Waals surface area (Å²) in [6, 6.07) is 7.08. The number of hydrogen-bond donors (Lipinski definition) is 3. The summed E-state index contributed by atoms with van der Waals surface area (Å²) in [6.45, 7) is 1.52. The maximum Gasteiger partial charge on any atom is 0.248 e. The van der Waals surface area contributed by atoms with Crippen LogP contribution in [0.25, 0.3) is 0 Å². The average molecular weight is 251 g/mol. The summed E-state index contributed by atoms with van der Waals surface area (Å²) in [5.74, 6) is -0.925. The Bertz CT molecular complexity index is 421. The van der Waals surface area contributed by atoms with Gasteiger partial charge in [0.1, 0.15) is 6.61 Å². The van der Waals surface area contributed by atoms with Crippen LogP contribution in [-0.4, -0.2) is 31.6 Å². The molecule has 0 radical (unpaired) electrons. The predicted octanol–water partition coefficient (Wildman–Crippen LogP) is -0.623. The summed E-state index contributed by atoms with van der Waals surface area (Å²) in [5, 5.41) is 3.11. The van der Waals surface area contributed by atoms with Crippen LogP contribution in [-0.2, 0) is 16.1 Å². The minimum atomic E-state index is -0.482. The number of carbonyl (C=O) groups is 2. The van der Waals surface area contributed by atoms with Gasteiger partial charge in [-0.05, 0) is 17.7 Å². The standard InChI is InChI=1S/C12H17N3O3/c13-11(16)8-18-5-4-15-7-9-2-1-3-10(6-9)12(14)17/h1-3,6,15H,4-5,7-8H2,(H2,13,16)(H2,14,17). The van der Waals surface area contributed by atoms with E-state index in [1.165, 1.54) is 0 Å². The maximum atomic E-state index is 11.0. The smallest absolute Gasteiger partial charge is 0.248 e. The van der Waals surface area contributed by atoms with Crippen LogP contribution in [0, 0.1) is 0 Å². The van der Waals surface area contributed by atoms with Crippen LogP contribution in [0.15, 0.2) is 24.3 Å². The Labute approximate surface area is 105 Å². The molecule has 1 aromatic carbocycles.